The van der Waals surface area contributed by atoms with Gasteiger partial charge in [0.05, 0.1) is 5.60 Å². The van der Waals surface area contributed by atoms with Crippen molar-refractivity contribution in [2.24, 2.45) is 5.73 Å². The Morgan fingerprint density at radius 2 is 1.89 bits per heavy atom. The van der Waals surface area contributed by atoms with Gasteiger partial charge >= 0.3 is 0 Å². The third kappa shape index (κ3) is 2.38. The molecular formula is C17H21NO. The zero-order valence-electron chi connectivity index (χ0n) is 11.4. The first kappa shape index (κ1) is 12.6. The van der Waals surface area contributed by atoms with Gasteiger partial charge in [0, 0.05) is 13.2 Å². The molecule has 1 atom stereocenters. The van der Waals surface area contributed by atoms with Gasteiger partial charge in [0.2, 0.25) is 0 Å². The van der Waals surface area contributed by atoms with Gasteiger partial charge in [0.25, 0.3) is 0 Å². The van der Waals surface area contributed by atoms with Crippen molar-refractivity contribution < 1.29 is 4.74 Å². The van der Waals surface area contributed by atoms with Gasteiger partial charge in [0.1, 0.15) is 0 Å². The molecule has 2 heteroatoms. The highest BCUT2D eigenvalue weighted by molar-refractivity contribution is 5.83. The van der Waals surface area contributed by atoms with Crippen molar-refractivity contribution in [2.45, 2.75) is 37.3 Å². The number of rotatable bonds is 4. The van der Waals surface area contributed by atoms with Crippen LogP contribution >= 0.6 is 0 Å². The van der Waals surface area contributed by atoms with Crippen molar-refractivity contribution in [1.29, 1.82) is 0 Å². The number of ether oxygens (including phenoxy) is 1. The SMILES string of the molecule is COC1(CC(N)c2ccc3ccccc3c2)CCC1. The Kier molecular flexibility index (Phi) is 3.29. The Morgan fingerprint density at radius 1 is 1.16 bits per heavy atom. The van der Waals surface area contributed by atoms with Gasteiger partial charge in [-0.1, -0.05) is 36.4 Å². The van der Waals surface area contributed by atoms with Crippen LogP contribution in [-0.2, 0) is 4.74 Å². The molecule has 0 aromatic heterocycles. The molecule has 1 fully saturated rings. The molecule has 0 bridgehead atoms. The Morgan fingerprint density at radius 3 is 2.53 bits per heavy atom. The van der Waals surface area contributed by atoms with E-state index in [9.17, 15) is 0 Å². The fraction of sp³-hybridized carbons (Fsp3) is 0.412. The average molecular weight is 255 g/mol. The highest BCUT2D eigenvalue weighted by Gasteiger charge is 2.38. The molecule has 1 aliphatic rings. The average Bonchev–Trinajstić information content (AvgIpc) is 2.42. The van der Waals surface area contributed by atoms with Crippen LogP contribution in [0.3, 0.4) is 0 Å². The standard InChI is InChI=1S/C17H21NO/c1-19-17(9-4-10-17)12-16(18)15-8-7-13-5-2-3-6-14(13)11-15/h2-3,5-8,11,16H,4,9-10,12,18H2,1H3. The summed E-state index contributed by atoms with van der Waals surface area (Å²) in [6, 6.07) is 15.0. The molecule has 0 heterocycles. The van der Waals surface area contributed by atoms with Crippen LogP contribution in [0, 0.1) is 0 Å². The highest BCUT2D eigenvalue weighted by Crippen LogP contribution is 2.41. The second-order valence-corrected chi connectivity index (χ2v) is 5.66. The van der Waals surface area contributed by atoms with Gasteiger partial charge in [-0.25, -0.2) is 0 Å². The van der Waals surface area contributed by atoms with Gasteiger partial charge in [-0.05, 0) is 48.1 Å². The molecule has 19 heavy (non-hydrogen) atoms. The number of nitrogens with two attached hydrogens (primary N) is 1. The van der Waals surface area contributed by atoms with E-state index in [0.29, 0.717) is 0 Å². The summed E-state index contributed by atoms with van der Waals surface area (Å²) in [7, 11) is 1.81. The molecule has 2 aromatic carbocycles. The van der Waals surface area contributed by atoms with Crippen molar-refractivity contribution in [3.8, 4) is 0 Å². The van der Waals surface area contributed by atoms with E-state index in [4.69, 9.17) is 10.5 Å². The molecule has 100 valence electrons. The molecule has 0 saturated heterocycles. The van der Waals surface area contributed by atoms with Crippen molar-refractivity contribution in [3.05, 3.63) is 48.0 Å². The minimum Gasteiger partial charge on any atom is -0.378 e. The summed E-state index contributed by atoms with van der Waals surface area (Å²) in [6.45, 7) is 0. The van der Waals surface area contributed by atoms with Gasteiger partial charge < -0.3 is 10.5 Å². The number of benzene rings is 2. The van der Waals surface area contributed by atoms with E-state index in [2.05, 4.69) is 42.5 Å². The van der Waals surface area contributed by atoms with E-state index >= 15 is 0 Å². The maximum atomic E-state index is 6.38. The summed E-state index contributed by atoms with van der Waals surface area (Å²) >= 11 is 0. The highest BCUT2D eigenvalue weighted by atomic mass is 16.5. The lowest BCUT2D eigenvalue weighted by Gasteiger charge is -2.42. The molecule has 0 aliphatic heterocycles. The van der Waals surface area contributed by atoms with Crippen LogP contribution in [0.2, 0.25) is 0 Å². The van der Waals surface area contributed by atoms with Crippen molar-refractivity contribution in [2.75, 3.05) is 7.11 Å². The van der Waals surface area contributed by atoms with E-state index in [-0.39, 0.29) is 11.6 Å². The van der Waals surface area contributed by atoms with E-state index in [0.717, 1.165) is 19.3 Å². The summed E-state index contributed by atoms with van der Waals surface area (Å²) in [5.41, 5.74) is 7.62. The fourth-order valence-corrected chi connectivity index (χ4v) is 3.02. The molecule has 0 amide bonds. The smallest absolute Gasteiger partial charge is 0.0696 e. The normalized spacial score (nSPS) is 19.1. The molecule has 2 aromatic rings. The topological polar surface area (TPSA) is 35.2 Å². The third-order valence-corrected chi connectivity index (χ3v) is 4.49. The monoisotopic (exact) mass is 255 g/mol. The zero-order valence-corrected chi connectivity index (χ0v) is 11.4. The summed E-state index contributed by atoms with van der Waals surface area (Å²) < 4.78 is 5.67. The summed E-state index contributed by atoms with van der Waals surface area (Å²) in [5, 5.41) is 2.53. The third-order valence-electron chi connectivity index (χ3n) is 4.49. The maximum Gasteiger partial charge on any atom is 0.0696 e. The van der Waals surface area contributed by atoms with Gasteiger partial charge in [-0.15, -0.1) is 0 Å². The van der Waals surface area contributed by atoms with Crippen LogP contribution in [0.15, 0.2) is 42.5 Å². The van der Waals surface area contributed by atoms with Crippen LogP contribution in [0.4, 0.5) is 0 Å². The van der Waals surface area contributed by atoms with Gasteiger partial charge in [0.15, 0.2) is 0 Å². The number of fused-ring (bicyclic) bond motifs is 1. The number of hydrogen-bond donors (Lipinski definition) is 1. The van der Waals surface area contributed by atoms with Crippen LogP contribution in [0.5, 0.6) is 0 Å². The van der Waals surface area contributed by atoms with E-state index in [1.165, 1.54) is 22.8 Å². The van der Waals surface area contributed by atoms with E-state index in [1.807, 2.05) is 7.11 Å². The fourth-order valence-electron chi connectivity index (χ4n) is 3.02. The largest absolute Gasteiger partial charge is 0.378 e. The summed E-state index contributed by atoms with van der Waals surface area (Å²) in [5.74, 6) is 0. The molecule has 0 spiro atoms. The van der Waals surface area contributed by atoms with E-state index in [1.54, 1.807) is 0 Å². The van der Waals surface area contributed by atoms with Crippen LogP contribution in [-0.4, -0.2) is 12.7 Å². The summed E-state index contributed by atoms with van der Waals surface area (Å²) in [6.07, 6.45) is 4.47. The molecule has 0 radical (unpaired) electrons. The molecule has 2 nitrogen and oxygen atoms in total. The lowest BCUT2D eigenvalue weighted by Crippen LogP contribution is -2.41. The Labute approximate surface area is 114 Å². The summed E-state index contributed by atoms with van der Waals surface area (Å²) in [4.78, 5) is 0. The first-order chi connectivity index (χ1) is 9.22. The number of methoxy groups -OCH3 is 1. The van der Waals surface area contributed by atoms with Crippen LogP contribution in [0.1, 0.15) is 37.3 Å². The lowest BCUT2D eigenvalue weighted by molar-refractivity contribution is -0.0816. The molecular weight excluding hydrogens is 234 g/mol. The predicted molar refractivity (Wildman–Crippen MR) is 79.1 cm³/mol. The first-order valence-corrected chi connectivity index (χ1v) is 7.02. The Bertz CT molecular complexity index is 569. The molecule has 1 aliphatic carbocycles. The second kappa shape index (κ2) is 4.95. The molecule has 2 N–H and O–H groups in total. The maximum absolute atomic E-state index is 6.38. The van der Waals surface area contributed by atoms with Crippen molar-refractivity contribution in [3.63, 3.8) is 0 Å². The van der Waals surface area contributed by atoms with Crippen LogP contribution < -0.4 is 5.73 Å². The quantitative estimate of drug-likeness (QED) is 0.902. The lowest BCUT2D eigenvalue weighted by atomic mass is 9.75. The van der Waals surface area contributed by atoms with Gasteiger partial charge in [-0.3, -0.25) is 0 Å². The minimum absolute atomic E-state index is 0.0328. The van der Waals surface area contributed by atoms with Crippen molar-refractivity contribution in [1.82, 2.24) is 0 Å². The zero-order chi connectivity index (χ0) is 13.3. The Hall–Kier alpha value is -1.38. The van der Waals surface area contributed by atoms with Crippen molar-refractivity contribution >= 4 is 10.8 Å². The first-order valence-electron chi connectivity index (χ1n) is 7.02. The molecule has 3 rings (SSSR count). The minimum atomic E-state index is 0.0328. The van der Waals surface area contributed by atoms with E-state index < -0.39 is 0 Å². The van der Waals surface area contributed by atoms with Crippen LogP contribution in [0.25, 0.3) is 10.8 Å². The predicted octanol–water partition coefficient (Wildman–Crippen LogP) is 3.80. The Balaban J connectivity index is 1.83. The molecule has 1 unspecified atom stereocenters. The van der Waals surface area contributed by atoms with Gasteiger partial charge in [-0.2, -0.15) is 0 Å². The molecule has 1 saturated carbocycles. The second-order valence-electron chi connectivity index (χ2n) is 5.66. The number of hydrogen-bond acceptors (Lipinski definition) is 2.